The maximum atomic E-state index is 12.6. The molecule has 0 aromatic heterocycles. The number of carbonyl (C=O) groups is 1. The zero-order chi connectivity index (χ0) is 15.0. The van der Waals surface area contributed by atoms with E-state index in [1.54, 1.807) is 4.90 Å². The molecule has 0 spiro atoms. The van der Waals surface area contributed by atoms with Crippen LogP contribution >= 0.6 is 0 Å². The van der Waals surface area contributed by atoms with Crippen LogP contribution in [0.25, 0.3) is 0 Å². The molecule has 1 aliphatic heterocycles. The number of likely N-dealkylation sites (tertiary alicyclic amines) is 1. The van der Waals surface area contributed by atoms with Crippen LogP contribution in [0.3, 0.4) is 0 Å². The van der Waals surface area contributed by atoms with E-state index in [0.29, 0.717) is 5.56 Å². The Balaban J connectivity index is 2.09. The standard InChI is InChI=1S/C18H19NO2/c1-13(2)19-16(14-9-5-3-6-10-14)18(21,17(19)20)15-11-7-4-8-12-15/h3-13,16,21H,1-2H3/t16-,18+/m0/s1. The summed E-state index contributed by atoms with van der Waals surface area (Å²) in [4.78, 5) is 14.3. The van der Waals surface area contributed by atoms with Gasteiger partial charge in [0, 0.05) is 6.04 Å². The van der Waals surface area contributed by atoms with Crippen molar-refractivity contribution in [1.82, 2.24) is 4.90 Å². The van der Waals surface area contributed by atoms with Gasteiger partial charge in [-0.15, -0.1) is 0 Å². The second-order valence-corrected chi connectivity index (χ2v) is 5.75. The predicted octanol–water partition coefficient (Wildman–Crippen LogP) is 2.87. The van der Waals surface area contributed by atoms with E-state index >= 15 is 0 Å². The average Bonchev–Trinajstić information content (AvgIpc) is 2.52. The molecule has 21 heavy (non-hydrogen) atoms. The molecular weight excluding hydrogens is 262 g/mol. The predicted molar refractivity (Wildman–Crippen MR) is 81.5 cm³/mol. The summed E-state index contributed by atoms with van der Waals surface area (Å²) in [6.07, 6.45) is 0. The minimum atomic E-state index is -1.47. The summed E-state index contributed by atoms with van der Waals surface area (Å²) in [6.45, 7) is 3.94. The first kappa shape index (κ1) is 13.8. The van der Waals surface area contributed by atoms with Crippen LogP contribution in [-0.4, -0.2) is 22.0 Å². The lowest BCUT2D eigenvalue weighted by molar-refractivity contribution is -0.201. The van der Waals surface area contributed by atoms with Gasteiger partial charge in [-0.2, -0.15) is 0 Å². The Morgan fingerprint density at radius 2 is 1.52 bits per heavy atom. The maximum absolute atomic E-state index is 12.6. The van der Waals surface area contributed by atoms with Gasteiger partial charge in [0.15, 0.2) is 5.60 Å². The van der Waals surface area contributed by atoms with Gasteiger partial charge in [-0.05, 0) is 25.0 Å². The van der Waals surface area contributed by atoms with E-state index in [1.807, 2.05) is 74.5 Å². The van der Waals surface area contributed by atoms with E-state index in [1.165, 1.54) is 0 Å². The summed E-state index contributed by atoms with van der Waals surface area (Å²) in [5.74, 6) is -0.224. The number of nitrogens with zero attached hydrogens (tertiary/aromatic N) is 1. The molecule has 1 saturated heterocycles. The van der Waals surface area contributed by atoms with E-state index < -0.39 is 5.60 Å². The SMILES string of the molecule is CC(C)N1C(=O)[C@@](O)(c2ccccc2)[C@@H]1c1ccccc1. The third-order valence-electron chi connectivity index (χ3n) is 4.12. The molecule has 1 heterocycles. The first-order valence-electron chi connectivity index (χ1n) is 7.22. The molecule has 108 valence electrons. The van der Waals surface area contributed by atoms with E-state index in [0.717, 1.165) is 5.56 Å². The van der Waals surface area contributed by atoms with Gasteiger partial charge < -0.3 is 10.0 Å². The Bertz CT molecular complexity index is 639. The molecule has 2 aromatic rings. The van der Waals surface area contributed by atoms with Crippen molar-refractivity contribution in [2.45, 2.75) is 31.5 Å². The van der Waals surface area contributed by atoms with Crippen molar-refractivity contribution in [3.63, 3.8) is 0 Å². The topological polar surface area (TPSA) is 40.5 Å². The zero-order valence-corrected chi connectivity index (χ0v) is 12.2. The van der Waals surface area contributed by atoms with Crippen LogP contribution in [0.5, 0.6) is 0 Å². The van der Waals surface area contributed by atoms with Crippen molar-refractivity contribution in [2.75, 3.05) is 0 Å². The molecule has 2 aromatic carbocycles. The van der Waals surface area contributed by atoms with Gasteiger partial charge in [-0.1, -0.05) is 60.7 Å². The molecule has 0 aliphatic carbocycles. The van der Waals surface area contributed by atoms with Crippen molar-refractivity contribution in [2.24, 2.45) is 0 Å². The highest BCUT2D eigenvalue weighted by Gasteiger charge is 2.62. The molecule has 3 heteroatoms. The fourth-order valence-electron chi connectivity index (χ4n) is 3.11. The minimum Gasteiger partial charge on any atom is -0.373 e. The van der Waals surface area contributed by atoms with Crippen LogP contribution < -0.4 is 0 Å². The van der Waals surface area contributed by atoms with Crippen LogP contribution in [0.15, 0.2) is 60.7 Å². The highest BCUT2D eigenvalue weighted by molar-refractivity contribution is 5.94. The highest BCUT2D eigenvalue weighted by Crippen LogP contribution is 2.50. The Morgan fingerprint density at radius 1 is 1.00 bits per heavy atom. The van der Waals surface area contributed by atoms with E-state index in [-0.39, 0.29) is 18.0 Å². The number of β-lactam (4-membered cyclic amide) rings is 1. The Hall–Kier alpha value is -2.13. The van der Waals surface area contributed by atoms with Crippen LogP contribution in [0.2, 0.25) is 0 Å². The zero-order valence-electron chi connectivity index (χ0n) is 12.2. The number of benzene rings is 2. The van der Waals surface area contributed by atoms with Crippen LogP contribution in [-0.2, 0) is 10.4 Å². The second-order valence-electron chi connectivity index (χ2n) is 5.75. The smallest absolute Gasteiger partial charge is 0.262 e. The van der Waals surface area contributed by atoms with Crippen LogP contribution in [0.4, 0.5) is 0 Å². The van der Waals surface area contributed by atoms with Crippen molar-refractivity contribution in [3.05, 3.63) is 71.8 Å². The molecule has 3 rings (SSSR count). The summed E-state index contributed by atoms with van der Waals surface area (Å²) in [5, 5.41) is 11.1. The van der Waals surface area contributed by atoms with Gasteiger partial charge in [-0.3, -0.25) is 4.79 Å². The van der Waals surface area contributed by atoms with Crippen molar-refractivity contribution < 1.29 is 9.90 Å². The number of hydrogen-bond acceptors (Lipinski definition) is 2. The molecule has 0 bridgehead atoms. The van der Waals surface area contributed by atoms with Gasteiger partial charge in [-0.25, -0.2) is 0 Å². The number of amides is 1. The Kier molecular flexibility index (Phi) is 3.30. The maximum Gasteiger partial charge on any atom is 0.262 e. The van der Waals surface area contributed by atoms with E-state index in [2.05, 4.69) is 0 Å². The lowest BCUT2D eigenvalue weighted by atomic mass is 9.72. The third kappa shape index (κ3) is 1.96. The highest BCUT2D eigenvalue weighted by atomic mass is 16.3. The van der Waals surface area contributed by atoms with Crippen molar-refractivity contribution >= 4 is 5.91 Å². The summed E-state index contributed by atoms with van der Waals surface area (Å²) < 4.78 is 0. The fourth-order valence-corrected chi connectivity index (χ4v) is 3.11. The third-order valence-corrected chi connectivity index (χ3v) is 4.12. The molecule has 1 aliphatic rings. The first-order chi connectivity index (χ1) is 10.1. The van der Waals surface area contributed by atoms with Crippen LogP contribution in [0.1, 0.15) is 31.0 Å². The number of rotatable bonds is 3. The quantitative estimate of drug-likeness (QED) is 0.879. The fraction of sp³-hybridized carbons (Fsp3) is 0.278. The van der Waals surface area contributed by atoms with Gasteiger partial charge >= 0.3 is 0 Å². The lowest BCUT2D eigenvalue weighted by Crippen LogP contribution is -2.67. The first-order valence-corrected chi connectivity index (χ1v) is 7.22. The minimum absolute atomic E-state index is 0.0479. The summed E-state index contributed by atoms with van der Waals surface area (Å²) in [5.41, 5.74) is 0.144. The average molecular weight is 281 g/mol. The molecule has 2 atom stereocenters. The summed E-state index contributed by atoms with van der Waals surface area (Å²) in [7, 11) is 0. The molecule has 1 fully saturated rings. The van der Waals surface area contributed by atoms with Crippen molar-refractivity contribution in [1.29, 1.82) is 0 Å². The normalized spacial score (nSPS) is 25.0. The molecule has 0 radical (unpaired) electrons. The van der Waals surface area contributed by atoms with E-state index in [9.17, 15) is 9.90 Å². The van der Waals surface area contributed by atoms with Crippen LogP contribution in [0, 0.1) is 0 Å². The molecule has 3 nitrogen and oxygen atoms in total. The second kappa shape index (κ2) is 5.01. The summed E-state index contributed by atoms with van der Waals surface area (Å²) >= 11 is 0. The number of hydrogen-bond donors (Lipinski definition) is 1. The van der Waals surface area contributed by atoms with Gasteiger partial charge in [0.1, 0.15) is 0 Å². The monoisotopic (exact) mass is 281 g/mol. The number of carbonyl (C=O) groups excluding carboxylic acids is 1. The Labute approximate surface area is 124 Å². The molecule has 0 saturated carbocycles. The van der Waals surface area contributed by atoms with Gasteiger partial charge in [0.05, 0.1) is 6.04 Å². The van der Waals surface area contributed by atoms with Crippen molar-refractivity contribution in [3.8, 4) is 0 Å². The Morgan fingerprint density at radius 3 is 2.05 bits per heavy atom. The molecular formula is C18H19NO2. The number of aliphatic hydroxyl groups is 1. The molecule has 1 N–H and O–H groups in total. The van der Waals surface area contributed by atoms with Gasteiger partial charge in [0.2, 0.25) is 0 Å². The van der Waals surface area contributed by atoms with Gasteiger partial charge in [0.25, 0.3) is 5.91 Å². The van der Waals surface area contributed by atoms with E-state index in [4.69, 9.17) is 0 Å². The molecule has 1 amide bonds. The largest absolute Gasteiger partial charge is 0.373 e. The summed E-state index contributed by atoms with van der Waals surface area (Å²) in [6, 6.07) is 18.6. The molecule has 0 unspecified atom stereocenters. The lowest BCUT2D eigenvalue weighted by Gasteiger charge is -2.55.